The maximum absolute atomic E-state index is 12.4. The van der Waals surface area contributed by atoms with E-state index >= 15 is 0 Å². The molecule has 1 aliphatic heterocycles. The van der Waals surface area contributed by atoms with Crippen LogP contribution in [0.25, 0.3) is 0 Å². The number of β-amino-alcohol motifs (C(OH)–C–C–N with tert-alkyl or cyclic N) is 1. The van der Waals surface area contributed by atoms with Crippen molar-refractivity contribution in [2.45, 2.75) is 12.6 Å². The van der Waals surface area contributed by atoms with Crippen molar-refractivity contribution in [2.75, 3.05) is 34.4 Å². The summed E-state index contributed by atoms with van der Waals surface area (Å²) in [5, 5.41) is 10.4. The van der Waals surface area contributed by atoms with Gasteiger partial charge in [-0.25, -0.2) is 0 Å². The summed E-state index contributed by atoms with van der Waals surface area (Å²) in [5.41, 5.74) is 1.77. The number of fused-ring (bicyclic) bond motifs is 1. The third-order valence-corrected chi connectivity index (χ3v) is 4.69. The van der Waals surface area contributed by atoms with Crippen molar-refractivity contribution in [3.8, 4) is 11.5 Å². The second-order valence-electron chi connectivity index (χ2n) is 6.81. The highest BCUT2D eigenvalue weighted by atomic mass is 16.5. The molecular formula is C21H24N2O5. The van der Waals surface area contributed by atoms with E-state index in [1.165, 1.54) is 0 Å². The highest BCUT2D eigenvalue weighted by Crippen LogP contribution is 2.28. The van der Waals surface area contributed by atoms with Gasteiger partial charge in [-0.1, -0.05) is 18.2 Å². The quantitative estimate of drug-likeness (QED) is 0.699. The Morgan fingerprint density at radius 3 is 2.18 bits per heavy atom. The molecule has 2 amide bonds. The number of aliphatic hydroxyl groups excluding tert-OH is 1. The highest BCUT2D eigenvalue weighted by Gasteiger charge is 2.36. The van der Waals surface area contributed by atoms with Crippen LogP contribution in [0.3, 0.4) is 0 Å². The molecule has 1 N–H and O–H groups in total. The van der Waals surface area contributed by atoms with Gasteiger partial charge in [-0.2, -0.15) is 0 Å². The average molecular weight is 384 g/mol. The van der Waals surface area contributed by atoms with Gasteiger partial charge in [-0.15, -0.1) is 0 Å². The maximum Gasteiger partial charge on any atom is 0.261 e. The Bertz CT molecular complexity index is 848. The Balaban J connectivity index is 1.59. The lowest BCUT2D eigenvalue weighted by molar-refractivity contribution is 0.0488. The number of methoxy groups -OCH3 is 2. The predicted molar refractivity (Wildman–Crippen MR) is 104 cm³/mol. The molecule has 0 radical (unpaired) electrons. The molecule has 0 bridgehead atoms. The van der Waals surface area contributed by atoms with Crippen molar-refractivity contribution >= 4 is 11.8 Å². The maximum atomic E-state index is 12.4. The Kier molecular flexibility index (Phi) is 5.96. The van der Waals surface area contributed by atoms with E-state index in [-0.39, 0.29) is 18.4 Å². The zero-order valence-electron chi connectivity index (χ0n) is 16.2. The average Bonchev–Trinajstić information content (AvgIpc) is 2.93. The van der Waals surface area contributed by atoms with Crippen LogP contribution in [-0.4, -0.2) is 67.2 Å². The van der Waals surface area contributed by atoms with Crippen LogP contribution in [0.4, 0.5) is 0 Å². The zero-order valence-corrected chi connectivity index (χ0v) is 16.2. The summed E-state index contributed by atoms with van der Waals surface area (Å²) < 4.78 is 10.5. The molecule has 0 fully saturated rings. The van der Waals surface area contributed by atoms with Crippen LogP contribution >= 0.6 is 0 Å². The van der Waals surface area contributed by atoms with Gasteiger partial charge >= 0.3 is 0 Å². The minimum Gasteiger partial charge on any atom is -0.493 e. The normalized spacial score (nSPS) is 14.4. The minimum atomic E-state index is -0.854. The molecule has 2 aromatic carbocycles. The van der Waals surface area contributed by atoms with Crippen LogP contribution in [0.1, 0.15) is 26.3 Å². The highest BCUT2D eigenvalue weighted by molar-refractivity contribution is 6.21. The largest absolute Gasteiger partial charge is 0.493 e. The fraction of sp³-hybridized carbons (Fsp3) is 0.333. The van der Waals surface area contributed by atoms with E-state index in [0.717, 1.165) is 10.5 Å². The third kappa shape index (κ3) is 4.00. The molecule has 1 heterocycles. The summed E-state index contributed by atoms with van der Waals surface area (Å²) in [7, 11) is 5.03. The van der Waals surface area contributed by atoms with Crippen molar-refractivity contribution in [1.82, 2.24) is 9.80 Å². The number of hydrogen-bond donors (Lipinski definition) is 1. The Labute approximate surface area is 164 Å². The van der Waals surface area contributed by atoms with E-state index in [4.69, 9.17) is 9.47 Å². The fourth-order valence-electron chi connectivity index (χ4n) is 3.39. The van der Waals surface area contributed by atoms with E-state index in [9.17, 15) is 14.7 Å². The molecule has 1 aliphatic rings. The molecule has 0 saturated carbocycles. The van der Waals surface area contributed by atoms with Crippen molar-refractivity contribution in [2.24, 2.45) is 0 Å². The van der Waals surface area contributed by atoms with Crippen molar-refractivity contribution < 1.29 is 24.2 Å². The van der Waals surface area contributed by atoms with Crippen molar-refractivity contribution in [1.29, 1.82) is 0 Å². The standard InChI is InChI=1S/C21H24N2O5/c1-22(11-14-8-9-18(27-2)19(10-14)28-3)12-15(24)13-23-20(25)16-6-4-5-7-17(16)21(23)26/h4-10,15,24H,11-13H2,1-3H3. The van der Waals surface area contributed by atoms with Gasteiger partial charge in [0.1, 0.15) is 0 Å². The number of carbonyl (C=O) groups is 2. The number of amides is 2. The molecule has 1 atom stereocenters. The van der Waals surface area contributed by atoms with E-state index in [1.807, 2.05) is 30.1 Å². The molecule has 0 aromatic heterocycles. The first-order valence-corrected chi connectivity index (χ1v) is 8.97. The van der Waals surface area contributed by atoms with Crippen molar-refractivity contribution in [3.05, 3.63) is 59.2 Å². The summed E-state index contributed by atoms with van der Waals surface area (Å²) in [6.07, 6.45) is -0.854. The van der Waals surface area contributed by atoms with Crippen LogP contribution in [0.5, 0.6) is 11.5 Å². The van der Waals surface area contributed by atoms with Gasteiger partial charge in [-0.05, 0) is 36.9 Å². The molecule has 28 heavy (non-hydrogen) atoms. The summed E-state index contributed by atoms with van der Waals surface area (Å²) in [6, 6.07) is 12.3. The molecule has 3 rings (SSSR count). The number of nitrogens with zero attached hydrogens (tertiary/aromatic N) is 2. The smallest absolute Gasteiger partial charge is 0.261 e. The Hall–Kier alpha value is -2.90. The molecule has 148 valence electrons. The number of aliphatic hydroxyl groups is 1. The number of hydrogen-bond acceptors (Lipinski definition) is 6. The zero-order chi connectivity index (χ0) is 20.3. The van der Waals surface area contributed by atoms with Gasteiger partial charge in [0.05, 0.1) is 38.0 Å². The summed E-state index contributed by atoms with van der Waals surface area (Å²) in [5.74, 6) is 0.573. The lowest BCUT2D eigenvalue weighted by Gasteiger charge is -2.24. The number of rotatable bonds is 8. The second-order valence-corrected chi connectivity index (χ2v) is 6.81. The molecular weight excluding hydrogens is 360 g/mol. The summed E-state index contributed by atoms with van der Waals surface area (Å²) in [4.78, 5) is 27.8. The summed E-state index contributed by atoms with van der Waals surface area (Å²) >= 11 is 0. The fourth-order valence-corrected chi connectivity index (χ4v) is 3.39. The summed E-state index contributed by atoms with van der Waals surface area (Å²) in [6.45, 7) is 0.837. The first kappa shape index (κ1) is 19.9. The first-order chi connectivity index (χ1) is 13.4. The van der Waals surface area contributed by atoms with Gasteiger partial charge < -0.3 is 14.6 Å². The first-order valence-electron chi connectivity index (χ1n) is 8.97. The van der Waals surface area contributed by atoms with Crippen LogP contribution in [0.2, 0.25) is 0 Å². The predicted octanol–water partition coefficient (Wildman–Crippen LogP) is 1.79. The Morgan fingerprint density at radius 1 is 1.00 bits per heavy atom. The number of likely N-dealkylation sites (N-methyl/N-ethyl adjacent to an activating group) is 1. The van der Waals surface area contributed by atoms with E-state index in [1.54, 1.807) is 38.5 Å². The molecule has 0 spiro atoms. The van der Waals surface area contributed by atoms with Crippen LogP contribution in [0, 0.1) is 0 Å². The number of imide groups is 1. The molecule has 0 saturated heterocycles. The van der Waals surface area contributed by atoms with Crippen molar-refractivity contribution in [3.63, 3.8) is 0 Å². The van der Waals surface area contributed by atoms with Gasteiger partial charge in [0.2, 0.25) is 0 Å². The topological polar surface area (TPSA) is 79.3 Å². The van der Waals surface area contributed by atoms with E-state index in [2.05, 4.69) is 0 Å². The minimum absolute atomic E-state index is 0.0391. The molecule has 1 unspecified atom stereocenters. The molecule has 2 aromatic rings. The van der Waals surface area contributed by atoms with Gasteiger partial charge in [-0.3, -0.25) is 19.4 Å². The number of carbonyl (C=O) groups excluding carboxylic acids is 2. The van der Waals surface area contributed by atoms with Crippen LogP contribution in [-0.2, 0) is 6.54 Å². The molecule has 7 nitrogen and oxygen atoms in total. The lowest BCUT2D eigenvalue weighted by Crippen LogP contribution is -2.41. The molecule has 0 aliphatic carbocycles. The monoisotopic (exact) mass is 384 g/mol. The second kappa shape index (κ2) is 8.41. The van der Waals surface area contributed by atoms with E-state index in [0.29, 0.717) is 35.7 Å². The SMILES string of the molecule is COc1ccc(CN(C)CC(O)CN2C(=O)c3ccccc3C2=O)cc1OC. The van der Waals surface area contributed by atoms with Gasteiger partial charge in [0, 0.05) is 13.1 Å². The number of ether oxygens (including phenoxy) is 2. The van der Waals surface area contributed by atoms with Crippen LogP contribution in [0.15, 0.2) is 42.5 Å². The number of benzene rings is 2. The Morgan fingerprint density at radius 2 is 1.61 bits per heavy atom. The molecule has 7 heteroatoms. The van der Waals surface area contributed by atoms with E-state index < -0.39 is 6.10 Å². The van der Waals surface area contributed by atoms with Crippen LogP contribution < -0.4 is 9.47 Å². The lowest BCUT2D eigenvalue weighted by atomic mass is 10.1. The van der Waals surface area contributed by atoms with Gasteiger partial charge in [0.25, 0.3) is 11.8 Å². The third-order valence-electron chi connectivity index (χ3n) is 4.69. The van der Waals surface area contributed by atoms with Gasteiger partial charge in [0.15, 0.2) is 11.5 Å².